The van der Waals surface area contributed by atoms with E-state index in [1.165, 1.54) is 11.8 Å². The first-order valence-corrected chi connectivity index (χ1v) is 14.7. The maximum absolute atomic E-state index is 14.0. The van der Waals surface area contributed by atoms with E-state index in [4.69, 9.17) is 4.99 Å². The number of thioether (sulfide) groups is 2. The molecule has 0 spiro atoms. The van der Waals surface area contributed by atoms with E-state index in [1.54, 1.807) is 16.7 Å². The summed E-state index contributed by atoms with van der Waals surface area (Å²) >= 11 is 2.99. The lowest BCUT2D eigenvalue weighted by molar-refractivity contribution is -0.122. The summed E-state index contributed by atoms with van der Waals surface area (Å²) in [7, 11) is 5.70. The molecule has 2 aliphatic rings. The molecular formula is C30H32N6O2S2. The van der Waals surface area contributed by atoms with Gasteiger partial charge in [0, 0.05) is 24.2 Å². The fourth-order valence-electron chi connectivity index (χ4n) is 4.46. The Kier molecular flexibility index (Phi) is 8.49. The standard InChI is InChI=1S/C30H32N6O2S2/c1-5-31-22-16-15-21(32-26(37)19-34(2)3)17-23(22)33-30-36(18-20-11-7-6-8-12-20)28(38)27(40-30)29-35(4)24-13-9-10-14-25(24)39-29/h6-17,31H,5,18-19H2,1-4H3,(H,32,37). The molecule has 1 saturated heterocycles. The van der Waals surface area contributed by atoms with Crippen molar-refractivity contribution in [2.75, 3.05) is 49.8 Å². The average molecular weight is 573 g/mol. The van der Waals surface area contributed by atoms with E-state index in [-0.39, 0.29) is 18.4 Å². The number of carbonyl (C=O) groups excluding carboxylic acids is 2. The second kappa shape index (κ2) is 12.2. The highest BCUT2D eigenvalue weighted by molar-refractivity contribution is 8.19. The van der Waals surface area contributed by atoms with Gasteiger partial charge in [-0.1, -0.05) is 54.2 Å². The summed E-state index contributed by atoms with van der Waals surface area (Å²) in [6.07, 6.45) is 0. The van der Waals surface area contributed by atoms with Crippen molar-refractivity contribution in [1.82, 2.24) is 9.80 Å². The van der Waals surface area contributed by atoms with Crippen LogP contribution in [0, 0.1) is 0 Å². The maximum atomic E-state index is 14.0. The van der Waals surface area contributed by atoms with E-state index in [0.717, 1.165) is 26.9 Å². The molecule has 8 nitrogen and oxygen atoms in total. The second-order valence-corrected chi connectivity index (χ2v) is 11.7. The molecule has 0 bridgehead atoms. The number of amidine groups is 1. The predicted molar refractivity (Wildman–Crippen MR) is 167 cm³/mol. The molecule has 10 heteroatoms. The summed E-state index contributed by atoms with van der Waals surface area (Å²) in [6, 6.07) is 23.7. The first-order valence-electron chi connectivity index (χ1n) is 13.0. The topological polar surface area (TPSA) is 80.3 Å². The number of likely N-dealkylation sites (N-methyl/N-ethyl adjacent to an activating group) is 1. The molecule has 0 aromatic heterocycles. The Labute approximate surface area is 243 Å². The minimum atomic E-state index is -0.108. The van der Waals surface area contributed by atoms with Gasteiger partial charge in [-0.05, 0) is 68.7 Å². The molecule has 5 rings (SSSR count). The van der Waals surface area contributed by atoms with Crippen LogP contribution in [0.1, 0.15) is 12.5 Å². The molecule has 0 atom stereocenters. The molecule has 0 saturated carbocycles. The minimum Gasteiger partial charge on any atom is -0.384 e. The molecule has 2 aliphatic heterocycles. The van der Waals surface area contributed by atoms with Crippen LogP contribution in [0.5, 0.6) is 0 Å². The van der Waals surface area contributed by atoms with Crippen LogP contribution in [-0.2, 0) is 16.1 Å². The van der Waals surface area contributed by atoms with Crippen molar-refractivity contribution in [2.24, 2.45) is 4.99 Å². The maximum Gasteiger partial charge on any atom is 0.269 e. The molecule has 3 aromatic carbocycles. The molecule has 0 aliphatic carbocycles. The largest absolute Gasteiger partial charge is 0.384 e. The first-order chi connectivity index (χ1) is 19.3. The van der Waals surface area contributed by atoms with Crippen molar-refractivity contribution in [3.63, 3.8) is 0 Å². The number of para-hydroxylation sites is 1. The monoisotopic (exact) mass is 572 g/mol. The number of hydrogen-bond donors (Lipinski definition) is 2. The number of aliphatic imine (C=N–C) groups is 1. The third-order valence-corrected chi connectivity index (χ3v) is 8.74. The average Bonchev–Trinajstić information content (AvgIpc) is 3.42. The molecule has 2 amide bonds. The van der Waals surface area contributed by atoms with Gasteiger partial charge in [-0.15, -0.1) is 0 Å². The van der Waals surface area contributed by atoms with Crippen LogP contribution in [0.15, 0.2) is 92.6 Å². The lowest BCUT2D eigenvalue weighted by Crippen LogP contribution is -2.29. The van der Waals surface area contributed by atoms with Gasteiger partial charge < -0.3 is 20.4 Å². The Balaban J connectivity index is 1.55. The Morgan fingerprint density at radius 3 is 2.48 bits per heavy atom. The number of rotatable bonds is 8. The summed E-state index contributed by atoms with van der Waals surface area (Å²) in [5.41, 5.74) is 4.23. The number of fused-ring (bicyclic) bond motifs is 1. The summed E-state index contributed by atoms with van der Waals surface area (Å²) in [4.78, 5) is 38.8. The number of carbonyl (C=O) groups is 2. The summed E-state index contributed by atoms with van der Waals surface area (Å²) in [5, 5.41) is 7.81. The number of hydrogen-bond acceptors (Lipinski definition) is 8. The van der Waals surface area contributed by atoms with Crippen molar-refractivity contribution >= 4 is 63.3 Å². The SMILES string of the molecule is CCNc1ccc(NC(=O)CN(C)C)cc1N=C1SC(=C2Sc3ccccc3N2C)C(=O)N1Cc1ccccc1. The lowest BCUT2D eigenvalue weighted by atomic mass is 10.2. The van der Waals surface area contributed by atoms with Gasteiger partial charge in [0.25, 0.3) is 5.91 Å². The Morgan fingerprint density at radius 1 is 1.00 bits per heavy atom. The second-order valence-electron chi connectivity index (χ2n) is 9.68. The van der Waals surface area contributed by atoms with Crippen molar-refractivity contribution in [2.45, 2.75) is 18.4 Å². The highest BCUT2D eigenvalue weighted by Crippen LogP contribution is 2.50. The zero-order valence-electron chi connectivity index (χ0n) is 23.0. The van der Waals surface area contributed by atoms with Crippen LogP contribution in [0.4, 0.5) is 22.7 Å². The van der Waals surface area contributed by atoms with Gasteiger partial charge in [0.2, 0.25) is 5.91 Å². The van der Waals surface area contributed by atoms with E-state index < -0.39 is 0 Å². The van der Waals surface area contributed by atoms with Crippen molar-refractivity contribution in [1.29, 1.82) is 0 Å². The Hall–Kier alpha value is -3.73. The van der Waals surface area contributed by atoms with E-state index in [1.807, 2.05) is 93.6 Å². The fourth-order valence-corrected chi connectivity index (χ4v) is 6.79. The molecule has 0 radical (unpaired) electrons. The van der Waals surface area contributed by atoms with Crippen LogP contribution in [0.3, 0.4) is 0 Å². The highest BCUT2D eigenvalue weighted by Gasteiger charge is 2.39. The predicted octanol–water partition coefficient (Wildman–Crippen LogP) is 5.79. The van der Waals surface area contributed by atoms with Gasteiger partial charge >= 0.3 is 0 Å². The van der Waals surface area contributed by atoms with Crippen molar-refractivity contribution in [3.8, 4) is 0 Å². The number of benzene rings is 3. The van der Waals surface area contributed by atoms with E-state index in [2.05, 4.69) is 27.7 Å². The molecule has 206 valence electrons. The van der Waals surface area contributed by atoms with Gasteiger partial charge in [-0.2, -0.15) is 0 Å². The number of anilines is 3. The van der Waals surface area contributed by atoms with Gasteiger partial charge in [0.15, 0.2) is 5.17 Å². The van der Waals surface area contributed by atoms with E-state index >= 15 is 0 Å². The number of nitrogens with one attached hydrogen (secondary N) is 2. The Bertz CT molecular complexity index is 1490. The van der Waals surface area contributed by atoms with Crippen molar-refractivity contribution < 1.29 is 9.59 Å². The van der Waals surface area contributed by atoms with Gasteiger partial charge in [-0.3, -0.25) is 14.5 Å². The molecule has 0 unspecified atom stereocenters. The van der Waals surface area contributed by atoms with Crippen molar-refractivity contribution in [3.05, 3.63) is 88.3 Å². The van der Waals surface area contributed by atoms with Gasteiger partial charge in [0.1, 0.15) is 4.91 Å². The minimum absolute atomic E-state index is 0.0739. The normalized spacial score (nSPS) is 17.6. The van der Waals surface area contributed by atoms with E-state index in [9.17, 15) is 9.59 Å². The van der Waals surface area contributed by atoms with Crippen LogP contribution in [0.25, 0.3) is 0 Å². The molecule has 40 heavy (non-hydrogen) atoms. The van der Waals surface area contributed by atoms with Gasteiger partial charge in [0.05, 0.1) is 35.2 Å². The molecule has 2 heterocycles. The summed E-state index contributed by atoms with van der Waals surface area (Å²) < 4.78 is 0. The zero-order valence-corrected chi connectivity index (χ0v) is 24.6. The van der Waals surface area contributed by atoms with Crippen LogP contribution >= 0.6 is 23.5 Å². The Morgan fingerprint density at radius 2 is 1.75 bits per heavy atom. The summed E-state index contributed by atoms with van der Waals surface area (Å²) in [5.74, 6) is -0.181. The third kappa shape index (κ3) is 6.04. The van der Waals surface area contributed by atoms with E-state index in [0.29, 0.717) is 34.5 Å². The third-order valence-electron chi connectivity index (χ3n) is 6.30. The molecule has 1 fully saturated rings. The highest BCUT2D eigenvalue weighted by atomic mass is 32.2. The first kappa shape index (κ1) is 27.8. The molecule has 3 aromatic rings. The van der Waals surface area contributed by atoms with Gasteiger partial charge in [-0.25, -0.2) is 4.99 Å². The number of amides is 2. The molecule has 2 N–H and O–H groups in total. The summed E-state index contributed by atoms with van der Waals surface area (Å²) in [6.45, 7) is 3.41. The van der Waals surface area contributed by atoms with Crippen LogP contribution in [0.2, 0.25) is 0 Å². The number of nitrogens with zero attached hydrogens (tertiary/aromatic N) is 4. The quantitative estimate of drug-likeness (QED) is 0.331. The fraction of sp³-hybridized carbons (Fsp3) is 0.233. The lowest BCUT2D eigenvalue weighted by Gasteiger charge is -2.17. The zero-order chi connectivity index (χ0) is 28.2. The molecular weight excluding hydrogens is 541 g/mol. The van der Waals surface area contributed by atoms with Crippen LogP contribution in [-0.4, -0.2) is 61.0 Å². The van der Waals surface area contributed by atoms with Crippen LogP contribution < -0.4 is 15.5 Å². The smallest absolute Gasteiger partial charge is 0.269 e.